The maximum Gasteiger partial charge on any atom is 0.255 e. The minimum Gasteiger partial charge on any atom is -0.487 e. The Kier molecular flexibility index (Phi) is 6.03. The maximum atomic E-state index is 14.8. The van der Waals surface area contributed by atoms with E-state index in [1.807, 2.05) is 6.92 Å². The van der Waals surface area contributed by atoms with Crippen LogP contribution in [0, 0.1) is 24.4 Å². The molecule has 0 spiro atoms. The van der Waals surface area contributed by atoms with Gasteiger partial charge >= 0.3 is 0 Å². The summed E-state index contributed by atoms with van der Waals surface area (Å²) < 4.78 is 48.4. The Hall–Kier alpha value is -2.80. The van der Waals surface area contributed by atoms with Crippen LogP contribution in [-0.2, 0) is 5.41 Å². The highest BCUT2D eigenvalue weighted by Crippen LogP contribution is 2.44. The zero-order valence-corrected chi connectivity index (χ0v) is 18.2. The Bertz CT molecular complexity index is 1200. The fraction of sp³-hybridized carbons (Fsp3) is 0.400. The molecule has 7 heteroatoms. The van der Waals surface area contributed by atoms with E-state index in [2.05, 4.69) is 4.98 Å². The SMILES string of the molecule is CCC(N)[C@]1(c2ccc(F)c(F)c2)CC[C@H](Oc2c(F)cc3c(=O)[nH]ccc3c2C)CC1. The number of H-pyrrole nitrogens is 1. The molecular formula is C25H27F3N2O2. The zero-order chi connectivity index (χ0) is 23.0. The number of nitrogens with one attached hydrogen (secondary N) is 1. The third kappa shape index (κ3) is 3.79. The van der Waals surface area contributed by atoms with Crippen molar-refractivity contribution in [2.45, 2.75) is 63.5 Å². The van der Waals surface area contributed by atoms with Crippen molar-refractivity contribution < 1.29 is 17.9 Å². The Morgan fingerprint density at radius 1 is 1.09 bits per heavy atom. The summed E-state index contributed by atoms with van der Waals surface area (Å²) in [5, 5.41) is 0.926. The van der Waals surface area contributed by atoms with E-state index in [0.29, 0.717) is 48.6 Å². The highest BCUT2D eigenvalue weighted by atomic mass is 19.2. The van der Waals surface area contributed by atoms with E-state index in [4.69, 9.17) is 10.5 Å². The van der Waals surface area contributed by atoms with Crippen molar-refractivity contribution in [2.75, 3.05) is 0 Å². The van der Waals surface area contributed by atoms with Gasteiger partial charge in [-0.05, 0) is 74.2 Å². The quantitative estimate of drug-likeness (QED) is 0.565. The second-order valence-electron chi connectivity index (χ2n) is 8.70. The van der Waals surface area contributed by atoms with Gasteiger partial charge in [-0.2, -0.15) is 0 Å². The van der Waals surface area contributed by atoms with E-state index in [1.165, 1.54) is 18.3 Å². The molecule has 1 unspecified atom stereocenters. The van der Waals surface area contributed by atoms with Gasteiger partial charge in [0.1, 0.15) is 0 Å². The van der Waals surface area contributed by atoms with Gasteiger partial charge in [0, 0.05) is 23.2 Å². The molecule has 1 fully saturated rings. The Morgan fingerprint density at radius 3 is 2.47 bits per heavy atom. The van der Waals surface area contributed by atoms with Crippen LogP contribution in [0.4, 0.5) is 13.2 Å². The van der Waals surface area contributed by atoms with Crippen molar-refractivity contribution in [3.8, 4) is 5.75 Å². The molecule has 0 bridgehead atoms. The van der Waals surface area contributed by atoms with Gasteiger partial charge in [0.15, 0.2) is 23.2 Å². The predicted molar refractivity (Wildman–Crippen MR) is 118 cm³/mol. The largest absolute Gasteiger partial charge is 0.487 e. The van der Waals surface area contributed by atoms with Crippen molar-refractivity contribution in [2.24, 2.45) is 5.73 Å². The molecule has 170 valence electrons. The first-order chi connectivity index (χ1) is 15.3. The van der Waals surface area contributed by atoms with Crippen LogP contribution in [0.25, 0.3) is 10.8 Å². The average Bonchev–Trinajstić information content (AvgIpc) is 2.79. The van der Waals surface area contributed by atoms with E-state index in [0.717, 1.165) is 6.07 Å². The molecular weight excluding hydrogens is 417 g/mol. The molecule has 4 nitrogen and oxygen atoms in total. The zero-order valence-electron chi connectivity index (χ0n) is 18.2. The fourth-order valence-electron chi connectivity index (χ4n) is 5.06. The summed E-state index contributed by atoms with van der Waals surface area (Å²) in [5.41, 5.74) is 6.90. The molecule has 1 saturated carbocycles. The fourth-order valence-corrected chi connectivity index (χ4v) is 5.06. The first-order valence-corrected chi connectivity index (χ1v) is 10.9. The Balaban J connectivity index is 1.60. The molecule has 3 N–H and O–H groups in total. The standard InChI is InChI=1S/C25H27F3N2O2/c1-3-22(29)25(15-4-5-19(26)20(27)12-15)9-6-16(7-10-25)32-23-14(2)17-8-11-30-24(31)18(17)13-21(23)28/h4-5,8,11-13,16,22H,3,6-7,9-10,29H2,1-2H3,(H,30,31)/t16-,22?,25+. The number of aryl methyl sites for hydroxylation is 1. The number of halogens is 3. The van der Waals surface area contributed by atoms with Gasteiger partial charge in [-0.1, -0.05) is 13.0 Å². The summed E-state index contributed by atoms with van der Waals surface area (Å²) in [6, 6.07) is 6.72. The van der Waals surface area contributed by atoms with Crippen molar-refractivity contribution in [3.63, 3.8) is 0 Å². The molecule has 0 amide bonds. The van der Waals surface area contributed by atoms with Crippen molar-refractivity contribution in [3.05, 3.63) is 75.5 Å². The van der Waals surface area contributed by atoms with Crippen molar-refractivity contribution in [1.29, 1.82) is 0 Å². The normalized spacial score (nSPS) is 22.1. The van der Waals surface area contributed by atoms with E-state index < -0.39 is 22.9 Å². The highest BCUT2D eigenvalue weighted by Gasteiger charge is 2.42. The van der Waals surface area contributed by atoms with Gasteiger partial charge in [0.25, 0.3) is 5.56 Å². The maximum absolute atomic E-state index is 14.8. The predicted octanol–water partition coefficient (Wildman–Crippen LogP) is 5.25. The summed E-state index contributed by atoms with van der Waals surface area (Å²) in [7, 11) is 0. The molecule has 32 heavy (non-hydrogen) atoms. The molecule has 0 aliphatic heterocycles. The monoisotopic (exact) mass is 444 g/mol. The lowest BCUT2D eigenvalue weighted by Gasteiger charge is -2.44. The van der Waals surface area contributed by atoms with Crippen LogP contribution in [0.3, 0.4) is 0 Å². The number of rotatable bonds is 5. The second-order valence-corrected chi connectivity index (χ2v) is 8.70. The van der Waals surface area contributed by atoms with Crippen LogP contribution in [0.15, 0.2) is 41.3 Å². The molecule has 0 saturated heterocycles. The van der Waals surface area contributed by atoms with Gasteiger partial charge < -0.3 is 15.5 Å². The minimum absolute atomic E-state index is 0.146. The highest BCUT2D eigenvalue weighted by molar-refractivity contribution is 5.86. The minimum atomic E-state index is -0.882. The summed E-state index contributed by atoms with van der Waals surface area (Å²) >= 11 is 0. The van der Waals surface area contributed by atoms with E-state index in [-0.39, 0.29) is 28.8 Å². The number of pyridine rings is 1. The van der Waals surface area contributed by atoms with Crippen LogP contribution >= 0.6 is 0 Å². The van der Waals surface area contributed by atoms with Crippen LogP contribution in [-0.4, -0.2) is 17.1 Å². The van der Waals surface area contributed by atoms with Crippen molar-refractivity contribution in [1.82, 2.24) is 4.98 Å². The summed E-state index contributed by atoms with van der Waals surface area (Å²) in [4.78, 5) is 14.6. The lowest BCUT2D eigenvalue weighted by molar-refractivity contribution is 0.0992. The number of nitrogens with two attached hydrogens (primary N) is 1. The number of hydrogen-bond donors (Lipinski definition) is 2. The average molecular weight is 444 g/mol. The van der Waals surface area contributed by atoms with E-state index in [9.17, 15) is 18.0 Å². The first kappa shape index (κ1) is 22.4. The smallest absolute Gasteiger partial charge is 0.255 e. The number of aromatic nitrogens is 1. The molecule has 4 rings (SSSR count). The molecule has 1 aliphatic rings. The van der Waals surface area contributed by atoms with E-state index >= 15 is 0 Å². The molecule has 1 aliphatic carbocycles. The van der Waals surface area contributed by atoms with Gasteiger partial charge in [0.2, 0.25) is 0 Å². The number of fused-ring (bicyclic) bond motifs is 1. The lowest BCUT2D eigenvalue weighted by atomic mass is 9.64. The molecule has 2 aromatic carbocycles. The van der Waals surface area contributed by atoms with Gasteiger partial charge in [-0.3, -0.25) is 4.79 Å². The Morgan fingerprint density at radius 2 is 1.81 bits per heavy atom. The number of hydrogen-bond acceptors (Lipinski definition) is 3. The third-order valence-electron chi connectivity index (χ3n) is 6.99. The van der Waals surface area contributed by atoms with Crippen LogP contribution in [0.1, 0.15) is 50.2 Å². The molecule has 1 heterocycles. The topological polar surface area (TPSA) is 68.1 Å². The van der Waals surface area contributed by atoms with Gasteiger partial charge in [0.05, 0.1) is 11.5 Å². The second kappa shape index (κ2) is 8.62. The Labute approximate surface area is 184 Å². The summed E-state index contributed by atoms with van der Waals surface area (Å²) in [5.74, 6) is -2.19. The number of ether oxygens (including phenoxy) is 1. The van der Waals surface area contributed by atoms with Gasteiger partial charge in [-0.25, -0.2) is 13.2 Å². The molecule has 0 radical (unpaired) electrons. The lowest BCUT2D eigenvalue weighted by Crippen LogP contribution is -2.49. The number of aromatic amines is 1. The van der Waals surface area contributed by atoms with E-state index in [1.54, 1.807) is 19.1 Å². The van der Waals surface area contributed by atoms with Crippen LogP contribution in [0.2, 0.25) is 0 Å². The van der Waals surface area contributed by atoms with Crippen molar-refractivity contribution >= 4 is 10.8 Å². The van der Waals surface area contributed by atoms with Crippen LogP contribution < -0.4 is 16.0 Å². The number of benzene rings is 2. The van der Waals surface area contributed by atoms with Crippen LogP contribution in [0.5, 0.6) is 5.75 Å². The first-order valence-electron chi connectivity index (χ1n) is 10.9. The summed E-state index contributed by atoms with van der Waals surface area (Å²) in [6.45, 7) is 3.71. The molecule has 1 atom stereocenters. The summed E-state index contributed by atoms with van der Waals surface area (Å²) in [6.07, 6.45) is 4.40. The molecule has 3 aromatic rings. The molecule has 1 aromatic heterocycles. The van der Waals surface area contributed by atoms with Gasteiger partial charge in [-0.15, -0.1) is 0 Å². The third-order valence-corrected chi connectivity index (χ3v) is 6.99.